The van der Waals surface area contributed by atoms with Gasteiger partial charge in [-0.3, -0.25) is 15.0 Å². The Balaban J connectivity index is 0.000000104. The Labute approximate surface area is 654 Å². The van der Waals surface area contributed by atoms with Crippen LogP contribution >= 0.6 is 0 Å². The normalized spacial score (nSPS) is 11.7. The minimum atomic E-state index is 0.808. The number of rotatable bonds is 9. The summed E-state index contributed by atoms with van der Waals surface area (Å²) in [7, 11) is 0. The second-order valence-electron chi connectivity index (χ2n) is 28.8. The Morgan fingerprint density at radius 2 is 0.500 bits per heavy atom. The minimum Gasteiger partial charge on any atom is -0.454 e. The van der Waals surface area contributed by atoms with E-state index in [2.05, 4.69) is 374 Å². The number of para-hydroxylation sites is 10. The first-order valence-electron chi connectivity index (χ1n) is 38.4. The van der Waals surface area contributed by atoms with Crippen molar-refractivity contribution in [3.8, 4) is 83.8 Å². The van der Waals surface area contributed by atoms with Crippen LogP contribution in [0.5, 0.6) is 0 Å². The zero-order chi connectivity index (χ0) is 75.2. The van der Waals surface area contributed by atoms with Crippen LogP contribution in [0, 0.1) is 0 Å². The van der Waals surface area contributed by atoms with Crippen LogP contribution in [0.4, 0.5) is 0 Å². The van der Waals surface area contributed by atoms with E-state index in [9.17, 15) is 0 Å². The van der Waals surface area contributed by atoms with Gasteiger partial charge in [0.1, 0.15) is 33.3 Å². The standard InChI is InChI=1S/3C35H22N2O/c1-4-17-30(37-31-18-5-2-13-27(31)28-14-3-6-19-32(28)37)25(12-1)23-10-7-11-24(22-23)26-15-8-16-29-34-33(38-35(26)29)20-9-21-36-34;1-3-17-31-28(13-1)29-14-2-4-18-32(29)37(31)26-12-6-10-24(22-26)23-9-5-11-25(21-23)27-15-7-16-30-34-33(38-35(27)30)19-8-20-36-34;1-2-10-26(29-13-7-14-30-34-33(38-35(29)30)17-8-22-36-34)25(9-1)23-18-20-24(21-19-23)37-31-15-5-3-11-27(31)28-12-4-6-16-32(28)37/h3*1-22H. The number of furan rings is 3. The van der Waals surface area contributed by atoms with E-state index in [-0.39, 0.29) is 0 Å². The molecule has 0 aliphatic heterocycles. The zero-order valence-corrected chi connectivity index (χ0v) is 61.5. The van der Waals surface area contributed by atoms with Crippen LogP contribution in [0.1, 0.15) is 0 Å². The molecule has 24 aromatic rings. The molecule has 0 fully saturated rings. The van der Waals surface area contributed by atoms with Gasteiger partial charge in [-0.15, -0.1) is 0 Å². The smallest absolute Gasteiger partial charge is 0.153 e. The Kier molecular flexibility index (Phi) is 15.7. The molecule has 0 aliphatic rings. The van der Waals surface area contributed by atoms with Crippen LogP contribution in [0.3, 0.4) is 0 Å². The van der Waals surface area contributed by atoms with Crippen molar-refractivity contribution in [2.45, 2.75) is 0 Å². The van der Waals surface area contributed by atoms with E-state index in [4.69, 9.17) is 13.3 Å². The molecule has 15 aromatic carbocycles. The summed E-state index contributed by atoms with van der Waals surface area (Å²) >= 11 is 0. The molecule has 0 saturated carbocycles. The second-order valence-corrected chi connectivity index (χ2v) is 28.8. The molecule has 24 rings (SSSR count). The van der Waals surface area contributed by atoms with Gasteiger partial charge < -0.3 is 27.0 Å². The minimum absolute atomic E-state index is 0.808. The fourth-order valence-electron chi connectivity index (χ4n) is 17.3. The van der Waals surface area contributed by atoms with Crippen molar-refractivity contribution in [1.29, 1.82) is 0 Å². The largest absolute Gasteiger partial charge is 0.454 e. The highest BCUT2D eigenvalue weighted by Gasteiger charge is 2.22. The molecule has 0 bridgehead atoms. The molecule has 534 valence electrons. The molecule has 0 radical (unpaired) electrons. The lowest BCUT2D eigenvalue weighted by Gasteiger charge is -2.15. The van der Waals surface area contributed by atoms with E-state index in [1.54, 1.807) is 0 Å². The van der Waals surface area contributed by atoms with Crippen molar-refractivity contribution in [2.24, 2.45) is 0 Å². The summed E-state index contributed by atoms with van der Waals surface area (Å²) in [5.74, 6) is 0. The molecule has 0 atom stereocenters. The van der Waals surface area contributed by atoms with Gasteiger partial charge in [0.25, 0.3) is 0 Å². The van der Waals surface area contributed by atoms with Crippen molar-refractivity contribution < 1.29 is 13.3 Å². The second kappa shape index (κ2) is 27.3. The van der Waals surface area contributed by atoms with Crippen LogP contribution in [-0.2, 0) is 0 Å². The van der Waals surface area contributed by atoms with Gasteiger partial charge in [-0.1, -0.05) is 249 Å². The summed E-state index contributed by atoms with van der Waals surface area (Å²) in [5, 5.41) is 10.7. The number of benzene rings is 15. The average molecular weight is 1460 g/mol. The number of fused-ring (bicyclic) bond motifs is 18. The van der Waals surface area contributed by atoms with E-state index in [0.29, 0.717) is 0 Å². The number of aromatic nitrogens is 6. The summed E-state index contributed by atoms with van der Waals surface area (Å²) < 4.78 is 26.0. The van der Waals surface area contributed by atoms with Crippen LogP contribution in [0.2, 0.25) is 0 Å². The maximum absolute atomic E-state index is 6.31. The summed E-state index contributed by atoms with van der Waals surface area (Å²) in [4.78, 5) is 13.7. The number of hydrogen-bond donors (Lipinski definition) is 0. The Morgan fingerprint density at radius 3 is 0.965 bits per heavy atom. The van der Waals surface area contributed by atoms with Crippen molar-refractivity contribution in [3.05, 3.63) is 401 Å². The third kappa shape index (κ3) is 11.0. The van der Waals surface area contributed by atoms with E-state index in [1.165, 1.54) is 82.1 Å². The summed E-state index contributed by atoms with van der Waals surface area (Å²) in [6, 6.07) is 135. The highest BCUT2D eigenvalue weighted by Crippen LogP contribution is 2.45. The zero-order valence-electron chi connectivity index (χ0n) is 61.5. The van der Waals surface area contributed by atoms with Gasteiger partial charge in [0, 0.05) is 101 Å². The van der Waals surface area contributed by atoms with Crippen LogP contribution in [0.15, 0.2) is 414 Å². The molecule has 9 heteroatoms. The van der Waals surface area contributed by atoms with Crippen molar-refractivity contribution in [3.63, 3.8) is 0 Å². The molecular weight excluding hydrogens is 1390 g/mol. The lowest BCUT2D eigenvalue weighted by molar-refractivity contribution is 0.669. The highest BCUT2D eigenvalue weighted by atomic mass is 16.3. The molecule has 0 spiro atoms. The average Bonchev–Trinajstić information content (AvgIpc) is 1.61. The van der Waals surface area contributed by atoms with Crippen LogP contribution < -0.4 is 0 Å². The predicted octanol–water partition coefficient (Wildman–Crippen LogP) is 28.2. The molecule has 114 heavy (non-hydrogen) atoms. The summed E-state index contributed by atoms with van der Waals surface area (Å²) in [6.07, 6.45) is 5.45. The molecule has 0 amide bonds. The van der Waals surface area contributed by atoms with Gasteiger partial charge in [0.2, 0.25) is 0 Å². The number of pyridine rings is 3. The van der Waals surface area contributed by atoms with Crippen molar-refractivity contribution in [1.82, 2.24) is 28.7 Å². The monoisotopic (exact) mass is 1460 g/mol. The number of hydrogen-bond acceptors (Lipinski definition) is 6. The SMILES string of the molecule is c1cc(-c2cccc(-n3c4ccccc4c4ccccc43)c2)cc(-c2cccc3c2oc2cccnc23)c1.c1cc(-c2ccccc2-n2c3ccccc3c3ccccc32)cc(-c2cccc3c2oc2cccnc23)c1.c1ccc(-c2cccc3c2oc2cccnc23)c(-c2ccc(-n3c4ccccc4c4ccccc43)cc2)c1. The topological polar surface area (TPSA) is 92.9 Å². The molecule has 0 aliphatic carbocycles. The van der Waals surface area contributed by atoms with Crippen molar-refractivity contribution >= 4 is 132 Å². The van der Waals surface area contributed by atoms with E-state index in [0.717, 1.165) is 133 Å². The summed E-state index contributed by atoms with van der Waals surface area (Å²) in [5.41, 5.74) is 32.1. The molecular formula is C105H66N6O3. The Hall–Kier alpha value is -15.5. The quantitative estimate of drug-likeness (QED) is 0.143. The van der Waals surface area contributed by atoms with Gasteiger partial charge >= 0.3 is 0 Å². The Bertz CT molecular complexity index is 7740. The third-order valence-electron chi connectivity index (χ3n) is 22.4. The van der Waals surface area contributed by atoms with Gasteiger partial charge in [0.15, 0.2) is 16.7 Å². The first kappa shape index (κ1) is 65.6. The van der Waals surface area contributed by atoms with E-state index >= 15 is 0 Å². The predicted molar refractivity (Wildman–Crippen MR) is 470 cm³/mol. The molecule has 0 unspecified atom stereocenters. The number of nitrogens with zero attached hydrogens (tertiary/aromatic N) is 6. The van der Waals surface area contributed by atoms with E-state index < -0.39 is 0 Å². The van der Waals surface area contributed by atoms with Crippen LogP contribution in [-0.4, -0.2) is 28.7 Å². The molecule has 0 N–H and O–H groups in total. The van der Waals surface area contributed by atoms with E-state index in [1.807, 2.05) is 55.0 Å². The fourth-order valence-corrected chi connectivity index (χ4v) is 17.3. The molecule has 9 heterocycles. The van der Waals surface area contributed by atoms with Crippen LogP contribution in [0.25, 0.3) is 215 Å². The molecule has 9 nitrogen and oxygen atoms in total. The first-order valence-corrected chi connectivity index (χ1v) is 38.4. The fraction of sp³-hybridized carbons (Fsp3) is 0. The lowest BCUT2D eigenvalue weighted by atomic mass is 9.93. The van der Waals surface area contributed by atoms with Gasteiger partial charge in [-0.2, -0.15) is 0 Å². The Morgan fingerprint density at radius 1 is 0.184 bits per heavy atom. The maximum Gasteiger partial charge on any atom is 0.153 e. The molecule has 0 saturated heterocycles. The third-order valence-corrected chi connectivity index (χ3v) is 22.4. The van der Waals surface area contributed by atoms with Crippen molar-refractivity contribution in [2.75, 3.05) is 0 Å². The van der Waals surface area contributed by atoms with Gasteiger partial charge in [0.05, 0.1) is 38.8 Å². The summed E-state index contributed by atoms with van der Waals surface area (Å²) in [6.45, 7) is 0. The maximum atomic E-state index is 6.31. The van der Waals surface area contributed by atoms with Gasteiger partial charge in [-0.25, -0.2) is 0 Å². The van der Waals surface area contributed by atoms with Gasteiger partial charge in [-0.05, 0) is 178 Å². The lowest BCUT2D eigenvalue weighted by Crippen LogP contribution is -1.97. The molecule has 9 aromatic heterocycles. The highest BCUT2D eigenvalue weighted by molar-refractivity contribution is 6.14. The first-order chi connectivity index (χ1) is 56.6.